The van der Waals surface area contributed by atoms with Gasteiger partial charge in [0, 0.05) is 31.4 Å². The molecule has 17 heteroatoms. The molecule has 2 atom stereocenters. The Bertz CT molecular complexity index is 1350. The van der Waals surface area contributed by atoms with Crippen LogP contribution in [0.25, 0.3) is 5.65 Å². The van der Waals surface area contributed by atoms with Crippen LogP contribution in [0.1, 0.15) is 79.1 Å². The van der Waals surface area contributed by atoms with E-state index in [9.17, 15) is 41.0 Å². The van der Waals surface area contributed by atoms with Gasteiger partial charge in [-0.05, 0) is 31.2 Å². The molecular weight excluding hydrogens is 562 g/mol. The lowest BCUT2D eigenvalue weighted by Crippen LogP contribution is -2.38. The van der Waals surface area contributed by atoms with E-state index in [0.29, 0.717) is 0 Å². The van der Waals surface area contributed by atoms with E-state index in [1.807, 2.05) is 0 Å². The van der Waals surface area contributed by atoms with E-state index in [4.69, 9.17) is 0 Å². The third-order valence-electron chi connectivity index (χ3n) is 6.77. The lowest BCUT2D eigenvalue weighted by Gasteiger charge is -2.33. The number of alkyl halides is 6. The Hall–Kier alpha value is -3.76. The molecule has 4 rings (SSSR count). The van der Waals surface area contributed by atoms with Gasteiger partial charge in [0.1, 0.15) is 6.33 Å². The summed E-state index contributed by atoms with van der Waals surface area (Å²) in [6.07, 6.45) is -5.10. The average Bonchev–Trinajstić information content (AvgIpc) is 3.55. The molecule has 3 N–H and O–H groups in total. The third kappa shape index (κ3) is 7.92. The van der Waals surface area contributed by atoms with Crippen LogP contribution in [-0.4, -0.2) is 65.1 Å². The van der Waals surface area contributed by atoms with Crippen LogP contribution in [0.15, 0.2) is 24.8 Å². The highest BCUT2D eigenvalue weighted by atomic mass is 19.4. The predicted octanol–water partition coefficient (Wildman–Crippen LogP) is 3.43. The van der Waals surface area contributed by atoms with E-state index in [2.05, 4.69) is 30.8 Å². The predicted molar refractivity (Wildman–Crippen MR) is 129 cm³/mol. The summed E-state index contributed by atoms with van der Waals surface area (Å²) in [5.74, 6) is -5.02. The number of aliphatic hydroxyl groups is 1. The van der Waals surface area contributed by atoms with Gasteiger partial charge in [0.25, 0.3) is 5.91 Å². The lowest BCUT2D eigenvalue weighted by molar-refractivity contribution is -0.145. The average molecular weight is 591 g/mol. The summed E-state index contributed by atoms with van der Waals surface area (Å²) in [4.78, 5) is 33.3. The Morgan fingerprint density at radius 3 is 2.59 bits per heavy atom. The van der Waals surface area contributed by atoms with Gasteiger partial charge in [-0.25, -0.2) is 27.9 Å². The van der Waals surface area contributed by atoms with Crippen molar-refractivity contribution < 1.29 is 41.0 Å². The van der Waals surface area contributed by atoms with Gasteiger partial charge in [-0.15, -0.1) is 0 Å². The van der Waals surface area contributed by atoms with Crippen molar-refractivity contribution in [2.45, 2.75) is 75.9 Å². The van der Waals surface area contributed by atoms with Crippen molar-refractivity contribution in [1.82, 2.24) is 40.0 Å². The number of halogens is 6. The van der Waals surface area contributed by atoms with Crippen LogP contribution < -0.4 is 10.6 Å². The first-order chi connectivity index (χ1) is 19.3. The highest BCUT2D eigenvalue weighted by Gasteiger charge is 2.39. The minimum absolute atomic E-state index is 0.0360. The molecule has 1 saturated carbocycles. The fourth-order valence-electron chi connectivity index (χ4n) is 4.62. The first kappa shape index (κ1) is 30.2. The molecule has 0 radical (unpaired) electrons. The molecule has 41 heavy (non-hydrogen) atoms. The molecule has 3 aromatic heterocycles. The highest BCUT2D eigenvalue weighted by molar-refractivity contribution is 5.90. The third-order valence-corrected chi connectivity index (χ3v) is 6.77. The summed E-state index contributed by atoms with van der Waals surface area (Å²) in [5, 5.41) is 23.2. The van der Waals surface area contributed by atoms with E-state index in [1.54, 1.807) is 0 Å². The standard InChI is InChI=1S/C24H28F6N8O3/c25-8-1-9-37-20(31-13-33-37)22(41)36-19(14-2-5-23(26,27)6-3-14)16-12-38-17(34-16)10-15(11-32-38)21(40)35-18(39)4-7-24(28,29)30/h10-14,19,21,40H,1-9H2,(H,35,39)(H,36,41)/t19-,21+/m0/s1. The molecule has 1 aliphatic rings. The van der Waals surface area contributed by atoms with Crippen molar-refractivity contribution >= 4 is 17.5 Å². The molecule has 2 amide bonds. The molecule has 0 aromatic carbocycles. The molecule has 1 fully saturated rings. The molecule has 1 aliphatic carbocycles. The number of nitrogens with zero attached hydrogens (tertiary/aromatic N) is 6. The summed E-state index contributed by atoms with van der Waals surface area (Å²) in [5.41, 5.74) is 0.471. The number of aliphatic hydroxyl groups excluding tert-OH is 1. The van der Waals surface area contributed by atoms with Crippen molar-refractivity contribution in [3.63, 3.8) is 0 Å². The van der Waals surface area contributed by atoms with E-state index in [1.165, 1.54) is 27.7 Å². The zero-order valence-corrected chi connectivity index (χ0v) is 21.6. The number of amides is 2. The number of carbonyl (C=O) groups excluding carboxylic acids is 2. The van der Waals surface area contributed by atoms with Crippen LogP contribution in [0.2, 0.25) is 0 Å². The van der Waals surface area contributed by atoms with Gasteiger partial charge >= 0.3 is 6.18 Å². The molecule has 0 aliphatic heterocycles. The van der Waals surface area contributed by atoms with Gasteiger partial charge in [-0.3, -0.25) is 14.0 Å². The summed E-state index contributed by atoms with van der Waals surface area (Å²) < 4.78 is 80.1. The van der Waals surface area contributed by atoms with Crippen molar-refractivity contribution in [2.24, 2.45) is 5.92 Å². The number of fused-ring (bicyclic) bond motifs is 1. The Morgan fingerprint density at radius 1 is 1.17 bits per heavy atom. The zero-order chi connectivity index (χ0) is 29.8. The maximum Gasteiger partial charge on any atom is 0.389 e. The number of nitrogens with one attached hydrogen (secondary N) is 2. The number of carbonyl (C=O) groups is 2. The number of rotatable bonds is 11. The smallest absolute Gasteiger partial charge is 0.369 e. The first-order valence-corrected chi connectivity index (χ1v) is 12.9. The second-order valence-electron chi connectivity index (χ2n) is 9.84. The molecule has 3 aromatic rings. The van der Waals surface area contributed by atoms with Crippen LogP contribution in [-0.2, 0) is 11.3 Å². The maximum atomic E-state index is 13.9. The molecule has 3 heterocycles. The van der Waals surface area contributed by atoms with Crippen LogP contribution in [0, 0.1) is 5.92 Å². The highest BCUT2D eigenvalue weighted by Crippen LogP contribution is 2.41. The van der Waals surface area contributed by atoms with Crippen molar-refractivity contribution in [3.8, 4) is 0 Å². The molecule has 11 nitrogen and oxygen atoms in total. The van der Waals surface area contributed by atoms with Gasteiger partial charge in [-0.2, -0.15) is 23.4 Å². The van der Waals surface area contributed by atoms with Gasteiger partial charge in [-0.1, -0.05) is 0 Å². The van der Waals surface area contributed by atoms with Crippen LogP contribution >= 0.6 is 0 Å². The zero-order valence-electron chi connectivity index (χ0n) is 21.6. The molecule has 0 saturated heterocycles. The van der Waals surface area contributed by atoms with Crippen molar-refractivity contribution in [3.05, 3.63) is 41.9 Å². The second kappa shape index (κ2) is 12.4. The quantitative estimate of drug-likeness (QED) is 0.230. The van der Waals surface area contributed by atoms with Gasteiger partial charge in [0.05, 0.1) is 37.2 Å². The second-order valence-corrected chi connectivity index (χ2v) is 9.84. The van der Waals surface area contributed by atoms with E-state index < -0.39 is 61.6 Å². The molecule has 224 valence electrons. The number of hydrogen-bond donors (Lipinski definition) is 3. The number of aryl methyl sites for hydroxylation is 1. The molecule has 0 spiro atoms. The number of imidazole rings is 1. The summed E-state index contributed by atoms with van der Waals surface area (Å²) in [6.45, 7) is -0.516. The molecule has 0 unspecified atom stereocenters. The minimum Gasteiger partial charge on any atom is -0.369 e. The fourth-order valence-corrected chi connectivity index (χ4v) is 4.62. The summed E-state index contributed by atoms with van der Waals surface area (Å²) in [7, 11) is 0. The first-order valence-electron chi connectivity index (χ1n) is 12.9. The van der Waals surface area contributed by atoms with Gasteiger partial charge < -0.3 is 15.7 Å². The summed E-state index contributed by atoms with van der Waals surface area (Å²) in [6, 6.07) is 0.495. The molecule has 0 bridgehead atoms. The fraction of sp³-hybridized carbons (Fsp3) is 0.583. The Morgan fingerprint density at radius 2 is 1.90 bits per heavy atom. The van der Waals surface area contributed by atoms with Crippen molar-refractivity contribution in [2.75, 3.05) is 6.67 Å². The summed E-state index contributed by atoms with van der Waals surface area (Å²) >= 11 is 0. The Kier molecular flexibility index (Phi) is 9.14. The Balaban J connectivity index is 1.55. The maximum absolute atomic E-state index is 13.9. The topological polar surface area (TPSA) is 139 Å². The Labute approximate surface area is 229 Å². The number of hydrogen-bond acceptors (Lipinski definition) is 7. The number of aromatic nitrogens is 6. The molecular formula is C24H28F6N8O3. The SMILES string of the molecule is O=C(CCC(F)(F)F)N[C@H](O)c1cnn2cc([C@@H](NC(=O)c3ncnn3CCCF)C3CCC(F)(F)CC3)nc2c1. The largest absolute Gasteiger partial charge is 0.389 e. The minimum atomic E-state index is -4.53. The van der Waals surface area contributed by atoms with E-state index in [-0.39, 0.29) is 61.4 Å². The van der Waals surface area contributed by atoms with E-state index >= 15 is 0 Å². The van der Waals surface area contributed by atoms with Crippen molar-refractivity contribution in [1.29, 1.82) is 0 Å². The lowest BCUT2D eigenvalue weighted by atomic mass is 9.81. The van der Waals surface area contributed by atoms with E-state index in [0.717, 1.165) is 6.33 Å². The van der Waals surface area contributed by atoms with Gasteiger partial charge in [0.2, 0.25) is 17.7 Å². The monoisotopic (exact) mass is 590 g/mol. The van der Waals surface area contributed by atoms with Gasteiger partial charge in [0.15, 0.2) is 11.9 Å². The van der Waals surface area contributed by atoms with Crippen LogP contribution in [0.4, 0.5) is 26.3 Å². The normalized spacial score (nSPS) is 17.3. The van der Waals surface area contributed by atoms with Crippen LogP contribution in [0.5, 0.6) is 0 Å². The van der Waals surface area contributed by atoms with Crippen LogP contribution in [0.3, 0.4) is 0 Å².